The summed E-state index contributed by atoms with van der Waals surface area (Å²) in [6, 6.07) is 10.3. The number of nitrogens with two attached hydrogens (primary N) is 1. The van der Waals surface area contributed by atoms with E-state index in [0.29, 0.717) is 17.0 Å². The Morgan fingerprint density at radius 1 is 1.25 bits per heavy atom. The number of halogens is 3. The topological polar surface area (TPSA) is 38.0 Å². The van der Waals surface area contributed by atoms with Crippen LogP contribution in [-0.2, 0) is 6.42 Å². The molecule has 3 N–H and O–H groups in total. The molecule has 0 aliphatic heterocycles. The highest BCUT2D eigenvalue weighted by Crippen LogP contribution is 2.27. The minimum atomic E-state index is -0.429. The van der Waals surface area contributed by atoms with Gasteiger partial charge < -0.3 is 0 Å². The Morgan fingerprint density at radius 3 is 2.65 bits per heavy atom. The SMILES string of the molecule is Cc1cc(Cl)cc(C(Cc2cccc(F)c2Cl)NN)c1. The number of rotatable bonds is 4. The van der Waals surface area contributed by atoms with Gasteiger partial charge in [0.05, 0.1) is 11.1 Å². The summed E-state index contributed by atoms with van der Waals surface area (Å²) in [6.45, 7) is 1.96. The van der Waals surface area contributed by atoms with Gasteiger partial charge in [-0.15, -0.1) is 0 Å². The molecule has 0 radical (unpaired) electrons. The normalized spacial score (nSPS) is 12.4. The van der Waals surface area contributed by atoms with Crippen molar-refractivity contribution >= 4 is 23.2 Å². The van der Waals surface area contributed by atoms with Crippen molar-refractivity contribution < 1.29 is 4.39 Å². The first-order valence-corrected chi connectivity index (χ1v) is 6.93. The number of hydrogen-bond donors (Lipinski definition) is 2. The molecule has 0 fully saturated rings. The minimum absolute atomic E-state index is 0.131. The number of hydrazine groups is 1. The molecular formula is C15H15Cl2FN2. The van der Waals surface area contributed by atoms with E-state index in [1.54, 1.807) is 12.1 Å². The molecule has 0 aromatic heterocycles. The van der Waals surface area contributed by atoms with Crippen molar-refractivity contribution in [2.45, 2.75) is 19.4 Å². The molecule has 0 bridgehead atoms. The van der Waals surface area contributed by atoms with Crippen LogP contribution in [0.4, 0.5) is 4.39 Å². The molecule has 20 heavy (non-hydrogen) atoms. The van der Waals surface area contributed by atoms with Crippen LogP contribution >= 0.6 is 23.2 Å². The summed E-state index contributed by atoms with van der Waals surface area (Å²) in [4.78, 5) is 0. The molecule has 0 spiro atoms. The molecule has 2 aromatic carbocycles. The van der Waals surface area contributed by atoms with E-state index in [0.717, 1.165) is 11.1 Å². The van der Waals surface area contributed by atoms with Gasteiger partial charge in [-0.25, -0.2) is 4.39 Å². The second-order valence-corrected chi connectivity index (χ2v) is 5.51. The Balaban J connectivity index is 2.31. The molecular weight excluding hydrogens is 298 g/mol. The van der Waals surface area contributed by atoms with Crippen molar-refractivity contribution in [1.82, 2.24) is 5.43 Å². The summed E-state index contributed by atoms with van der Waals surface area (Å²) in [6.07, 6.45) is 0.479. The van der Waals surface area contributed by atoms with Crippen molar-refractivity contribution in [3.8, 4) is 0 Å². The zero-order chi connectivity index (χ0) is 14.7. The second-order valence-electron chi connectivity index (χ2n) is 4.70. The van der Waals surface area contributed by atoms with Crippen molar-refractivity contribution in [1.29, 1.82) is 0 Å². The molecule has 0 saturated heterocycles. The van der Waals surface area contributed by atoms with Crippen LogP contribution < -0.4 is 11.3 Å². The maximum atomic E-state index is 13.5. The largest absolute Gasteiger partial charge is 0.271 e. The van der Waals surface area contributed by atoms with Crippen molar-refractivity contribution in [2.24, 2.45) is 5.84 Å². The molecule has 2 aromatic rings. The molecule has 1 unspecified atom stereocenters. The van der Waals surface area contributed by atoms with Gasteiger partial charge in [0.25, 0.3) is 0 Å². The Kier molecular flexibility index (Phi) is 5.00. The third-order valence-electron chi connectivity index (χ3n) is 3.12. The van der Waals surface area contributed by atoms with E-state index < -0.39 is 5.82 Å². The van der Waals surface area contributed by atoms with E-state index >= 15 is 0 Å². The number of benzene rings is 2. The fourth-order valence-electron chi connectivity index (χ4n) is 2.16. The number of hydrogen-bond acceptors (Lipinski definition) is 2. The van der Waals surface area contributed by atoms with Crippen LogP contribution in [-0.4, -0.2) is 0 Å². The highest BCUT2D eigenvalue weighted by molar-refractivity contribution is 6.31. The van der Waals surface area contributed by atoms with Gasteiger partial charge >= 0.3 is 0 Å². The van der Waals surface area contributed by atoms with Crippen molar-refractivity contribution in [3.05, 3.63) is 69.0 Å². The zero-order valence-corrected chi connectivity index (χ0v) is 12.5. The molecule has 0 saturated carbocycles. The smallest absolute Gasteiger partial charge is 0.142 e. The molecule has 0 amide bonds. The van der Waals surface area contributed by atoms with Gasteiger partial charge in [-0.05, 0) is 48.2 Å². The molecule has 1 atom stereocenters. The summed E-state index contributed by atoms with van der Waals surface area (Å²) in [7, 11) is 0. The minimum Gasteiger partial charge on any atom is -0.271 e. The fraction of sp³-hybridized carbons (Fsp3) is 0.200. The van der Waals surface area contributed by atoms with Gasteiger partial charge in [-0.2, -0.15) is 0 Å². The highest BCUT2D eigenvalue weighted by Gasteiger charge is 2.15. The average Bonchev–Trinajstić information content (AvgIpc) is 2.39. The maximum absolute atomic E-state index is 13.5. The molecule has 5 heteroatoms. The second kappa shape index (κ2) is 6.55. The van der Waals surface area contributed by atoms with Crippen LogP contribution in [0.2, 0.25) is 10.0 Å². The summed E-state index contributed by atoms with van der Waals surface area (Å²) >= 11 is 12.0. The standard InChI is InChI=1S/C15H15Cl2FN2/c1-9-5-11(7-12(16)6-9)14(20-19)8-10-3-2-4-13(18)15(10)17/h2-7,14,20H,8,19H2,1H3. The third-order valence-corrected chi connectivity index (χ3v) is 3.77. The lowest BCUT2D eigenvalue weighted by Gasteiger charge is -2.18. The maximum Gasteiger partial charge on any atom is 0.142 e. The average molecular weight is 313 g/mol. The number of nitrogens with one attached hydrogen (secondary N) is 1. The molecule has 106 valence electrons. The van der Waals surface area contributed by atoms with Gasteiger partial charge in [-0.1, -0.05) is 41.4 Å². The lowest BCUT2D eigenvalue weighted by atomic mass is 9.98. The van der Waals surface area contributed by atoms with E-state index in [4.69, 9.17) is 29.0 Å². The summed E-state index contributed by atoms with van der Waals surface area (Å²) in [5.74, 6) is 5.18. The molecule has 2 nitrogen and oxygen atoms in total. The predicted molar refractivity (Wildman–Crippen MR) is 81.4 cm³/mol. The van der Waals surface area contributed by atoms with Crippen LogP contribution in [0.15, 0.2) is 36.4 Å². The van der Waals surface area contributed by atoms with Gasteiger partial charge in [0.15, 0.2) is 0 Å². The predicted octanol–water partition coefficient (Wildman–Crippen LogP) is 4.19. The Hall–Kier alpha value is -1.13. The van der Waals surface area contributed by atoms with Gasteiger partial charge in [0, 0.05) is 5.02 Å². The quantitative estimate of drug-likeness (QED) is 0.656. The Bertz CT molecular complexity index is 597. The molecule has 0 heterocycles. The van der Waals surface area contributed by atoms with E-state index in [2.05, 4.69) is 5.43 Å². The van der Waals surface area contributed by atoms with E-state index in [9.17, 15) is 4.39 Å². The van der Waals surface area contributed by atoms with Crippen molar-refractivity contribution in [3.63, 3.8) is 0 Å². The highest BCUT2D eigenvalue weighted by atomic mass is 35.5. The monoisotopic (exact) mass is 312 g/mol. The van der Waals surface area contributed by atoms with Crippen LogP contribution in [0.1, 0.15) is 22.7 Å². The lowest BCUT2D eigenvalue weighted by Crippen LogP contribution is -2.29. The van der Waals surface area contributed by atoms with Crippen molar-refractivity contribution in [2.75, 3.05) is 0 Å². The summed E-state index contributed by atoms with van der Waals surface area (Å²) in [5.41, 5.74) is 5.41. The first-order valence-electron chi connectivity index (χ1n) is 6.17. The summed E-state index contributed by atoms with van der Waals surface area (Å²) in [5, 5.41) is 0.775. The lowest BCUT2D eigenvalue weighted by molar-refractivity contribution is 0.548. The third kappa shape index (κ3) is 3.49. The first kappa shape index (κ1) is 15.3. The van der Waals surface area contributed by atoms with E-state index in [-0.39, 0.29) is 11.1 Å². The zero-order valence-electron chi connectivity index (χ0n) is 11.0. The van der Waals surface area contributed by atoms with E-state index in [1.807, 2.05) is 25.1 Å². The van der Waals surface area contributed by atoms with Crippen LogP contribution in [0, 0.1) is 12.7 Å². The van der Waals surface area contributed by atoms with Crippen LogP contribution in [0.25, 0.3) is 0 Å². The van der Waals surface area contributed by atoms with Gasteiger partial charge in [0.2, 0.25) is 0 Å². The van der Waals surface area contributed by atoms with E-state index in [1.165, 1.54) is 6.07 Å². The van der Waals surface area contributed by atoms with Gasteiger partial charge in [0.1, 0.15) is 5.82 Å². The van der Waals surface area contributed by atoms with Crippen LogP contribution in [0.3, 0.4) is 0 Å². The first-order chi connectivity index (χ1) is 9.51. The Labute approximate surface area is 127 Å². The fourth-order valence-corrected chi connectivity index (χ4v) is 2.67. The molecule has 2 rings (SSSR count). The van der Waals surface area contributed by atoms with Crippen LogP contribution in [0.5, 0.6) is 0 Å². The Morgan fingerprint density at radius 2 is 2.00 bits per heavy atom. The van der Waals surface area contributed by atoms with Gasteiger partial charge in [-0.3, -0.25) is 11.3 Å². The molecule has 0 aliphatic rings. The summed E-state index contributed by atoms with van der Waals surface area (Å²) < 4.78 is 13.5. The molecule has 0 aliphatic carbocycles. The number of aryl methyl sites for hydroxylation is 1.